The zero-order valence-corrected chi connectivity index (χ0v) is 14.5. The molecule has 2 heterocycles. The number of piperidine rings is 1. The first kappa shape index (κ1) is 16.7. The summed E-state index contributed by atoms with van der Waals surface area (Å²) in [5.41, 5.74) is 0.650. The van der Waals surface area contributed by atoms with E-state index in [0.29, 0.717) is 34.9 Å². The summed E-state index contributed by atoms with van der Waals surface area (Å²) >= 11 is 6.32. The second kappa shape index (κ2) is 6.42. The van der Waals surface area contributed by atoms with Gasteiger partial charge in [0.1, 0.15) is 17.4 Å². The van der Waals surface area contributed by atoms with E-state index in [1.165, 1.54) is 0 Å². The Morgan fingerprint density at radius 3 is 2.88 bits per heavy atom. The number of hydrogen-bond acceptors (Lipinski definition) is 5. The molecule has 24 heavy (non-hydrogen) atoms. The summed E-state index contributed by atoms with van der Waals surface area (Å²) in [5.74, 6) is 0. The molecular weight excluding hydrogens is 326 g/mol. The number of benzene rings is 1. The average molecular weight is 346 g/mol. The molecular formula is C17H20ClN5O. The zero-order valence-electron chi connectivity index (χ0n) is 13.8. The fourth-order valence-electron chi connectivity index (χ4n) is 3.11. The maximum Gasteiger partial charge on any atom is 0.127 e. The number of aromatic nitrogens is 3. The molecule has 1 aromatic carbocycles. The van der Waals surface area contributed by atoms with Crippen LogP contribution in [0.4, 0.5) is 5.69 Å². The van der Waals surface area contributed by atoms with Crippen LogP contribution in [0.1, 0.15) is 44.0 Å². The number of para-hydroxylation sites is 1. The van der Waals surface area contributed by atoms with Gasteiger partial charge in [-0.1, -0.05) is 22.9 Å². The van der Waals surface area contributed by atoms with Gasteiger partial charge in [0.2, 0.25) is 0 Å². The normalized spacial score (nSPS) is 21.1. The van der Waals surface area contributed by atoms with Gasteiger partial charge in [0.25, 0.3) is 0 Å². The van der Waals surface area contributed by atoms with Crippen LogP contribution in [0.3, 0.4) is 0 Å². The average Bonchev–Trinajstić information content (AvgIpc) is 3.05. The number of nitriles is 1. The molecule has 0 aliphatic carbocycles. The number of β-amino-alcohol motifs (C(OH)–C–C–N with tert-alkyl or cyclic N) is 1. The van der Waals surface area contributed by atoms with Crippen molar-refractivity contribution in [3.63, 3.8) is 0 Å². The van der Waals surface area contributed by atoms with Crippen molar-refractivity contribution in [2.75, 3.05) is 18.0 Å². The second-order valence-corrected chi connectivity index (χ2v) is 6.89. The Hall–Kier alpha value is -2.10. The Labute approximate surface area is 146 Å². The van der Waals surface area contributed by atoms with Crippen molar-refractivity contribution in [1.82, 2.24) is 15.0 Å². The van der Waals surface area contributed by atoms with Gasteiger partial charge in [-0.3, -0.25) is 0 Å². The highest BCUT2D eigenvalue weighted by Gasteiger charge is 2.38. The minimum Gasteiger partial charge on any atom is -0.382 e. The van der Waals surface area contributed by atoms with E-state index >= 15 is 0 Å². The van der Waals surface area contributed by atoms with Crippen molar-refractivity contribution in [2.24, 2.45) is 0 Å². The summed E-state index contributed by atoms with van der Waals surface area (Å²) < 4.78 is 1.74. The molecule has 0 bridgehead atoms. The zero-order chi connectivity index (χ0) is 17.3. The smallest absolute Gasteiger partial charge is 0.127 e. The lowest BCUT2D eigenvalue weighted by atomic mass is 9.89. The predicted molar refractivity (Wildman–Crippen MR) is 91.9 cm³/mol. The Morgan fingerprint density at radius 1 is 1.42 bits per heavy atom. The number of nitrogens with zero attached hydrogens (tertiary/aromatic N) is 5. The molecule has 1 N–H and O–H groups in total. The second-order valence-electron chi connectivity index (χ2n) is 6.48. The molecule has 126 valence electrons. The highest BCUT2D eigenvalue weighted by molar-refractivity contribution is 6.33. The number of rotatable bonds is 3. The molecule has 2 aromatic rings. The third-order valence-electron chi connectivity index (χ3n) is 4.41. The molecule has 6 nitrogen and oxygen atoms in total. The van der Waals surface area contributed by atoms with E-state index in [0.717, 1.165) is 13.0 Å². The van der Waals surface area contributed by atoms with Crippen LogP contribution < -0.4 is 4.90 Å². The Morgan fingerprint density at radius 2 is 2.21 bits per heavy atom. The molecule has 1 saturated heterocycles. The van der Waals surface area contributed by atoms with Crippen LogP contribution >= 0.6 is 11.6 Å². The van der Waals surface area contributed by atoms with E-state index in [9.17, 15) is 10.4 Å². The van der Waals surface area contributed by atoms with Gasteiger partial charge in [-0.25, -0.2) is 4.68 Å². The monoisotopic (exact) mass is 345 g/mol. The van der Waals surface area contributed by atoms with Crippen molar-refractivity contribution in [3.05, 3.63) is 40.7 Å². The summed E-state index contributed by atoms with van der Waals surface area (Å²) in [6.07, 6.45) is 3.18. The molecule has 0 spiro atoms. The number of anilines is 1. The summed E-state index contributed by atoms with van der Waals surface area (Å²) in [6, 6.07) is 7.63. The van der Waals surface area contributed by atoms with E-state index in [4.69, 9.17) is 11.6 Å². The molecule has 1 aliphatic heterocycles. The molecule has 3 rings (SSSR count). The lowest BCUT2D eigenvalue weighted by molar-refractivity contribution is 0.0176. The number of halogens is 1. The predicted octanol–water partition coefficient (Wildman–Crippen LogP) is 2.87. The molecule has 1 unspecified atom stereocenters. The van der Waals surface area contributed by atoms with E-state index in [2.05, 4.69) is 16.4 Å². The SMILES string of the molecule is CC(C)n1cc(C2(O)CCCN(c3c(Cl)cccc3C#N)C2)nn1. The lowest BCUT2D eigenvalue weighted by Gasteiger charge is -2.39. The molecule has 0 radical (unpaired) electrons. The largest absolute Gasteiger partial charge is 0.382 e. The van der Waals surface area contributed by atoms with Gasteiger partial charge in [0, 0.05) is 12.6 Å². The fraction of sp³-hybridized carbons (Fsp3) is 0.471. The quantitative estimate of drug-likeness (QED) is 0.925. The summed E-state index contributed by atoms with van der Waals surface area (Å²) in [5, 5.41) is 29.3. The van der Waals surface area contributed by atoms with Crippen LogP contribution in [0.25, 0.3) is 0 Å². The van der Waals surface area contributed by atoms with E-state index < -0.39 is 5.60 Å². The van der Waals surface area contributed by atoms with Crippen LogP contribution in [0.15, 0.2) is 24.4 Å². The standard InChI is InChI=1S/C17H20ClN5O/c1-12(2)23-10-15(20-21-23)17(24)7-4-8-22(11-17)16-13(9-19)5-3-6-14(16)18/h3,5-6,10,12,24H,4,7-8,11H2,1-2H3. The fourth-order valence-corrected chi connectivity index (χ4v) is 3.40. The molecule has 1 aliphatic rings. The highest BCUT2D eigenvalue weighted by atomic mass is 35.5. The molecule has 1 atom stereocenters. The third-order valence-corrected chi connectivity index (χ3v) is 4.72. The maximum atomic E-state index is 11.1. The molecule has 0 amide bonds. The Bertz CT molecular complexity index is 782. The molecule has 1 fully saturated rings. The summed E-state index contributed by atoms with van der Waals surface area (Å²) in [4.78, 5) is 1.97. The third kappa shape index (κ3) is 2.97. The molecule has 0 saturated carbocycles. The van der Waals surface area contributed by atoms with Crippen LogP contribution in [-0.2, 0) is 5.60 Å². The summed E-state index contributed by atoms with van der Waals surface area (Å²) in [7, 11) is 0. The van der Waals surface area contributed by atoms with Crippen LogP contribution in [-0.4, -0.2) is 33.2 Å². The van der Waals surface area contributed by atoms with Gasteiger partial charge in [0.05, 0.1) is 29.0 Å². The van der Waals surface area contributed by atoms with E-state index in [1.807, 2.05) is 18.7 Å². The first-order valence-corrected chi connectivity index (χ1v) is 8.40. The minimum atomic E-state index is -1.10. The van der Waals surface area contributed by atoms with Gasteiger partial charge >= 0.3 is 0 Å². The minimum absolute atomic E-state index is 0.184. The number of aliphatic hydroxyl groups is 1. The Kier molecular flexibility index (Phi) is 4.48. The van der Waals surface area contributed by atoms with Crippen LogP contribution in [0, 0.1) is 11.3 Å². The Balaban J connectivity index is 1.93. The lowest BCUT2D eigenvalue weighted by Crippen LogP contribution is -2.46. The van der Waals surface area contributed by atoms with Crippen molar-refractivity contribution in [1.29, 1.82) is 5.26 Å². The first-order chi connectivity index (χ1) is 11.4. The van der Waals surface area contributed by atoms with Gasteiger partial charge in [-0.2, -0.15) is 5.26 Å². The molecule has 1 aromatic heterocycles. The first-order valence-electron chi connectivity index (χ1n) is 8.03. The van der Waals surface area contributed by atoms with Gasteiger partial charge in [0.15, 0.2) is 0 Å². The maximum absolute atomic E-state index is 11.1. The van der Waals surface area contributed by atoms with Crippen LogP contribution in [0.5, 0.6) is 0 Å². The summed E-state index contributed by atoms with van der Waals surface area (Å²) in [6.45, 7) is 5.10. The van der Waals surface area contributed by atoms with E-state index in [-0.39, 0.29) is 6.04 Å². The van der Waals surface area contributed by atoms with Crippen molar-refractivity contribution in [2.45, 2.75) is 38.3 Å². The van der Waals surface area contributed by atoms with Crippen molar-refractivity contribution >= 4 is 17.3 Å². The highest BCUT2D eigenvalue weighted by Crippen LogP contribution is 2.37. The van der Waals surface area contributed by atoms with Crippen molar-refractivity contribution < 1.29 is 5.11 Å². The number of hydrogen-bond donors (Lipinski definition) is 1. The van der Waals surface area contributed by atoms with Gasteiger partial charge in [-0.05, 0) is 38.8 Å². The van der Waals surface area contributed by atoms with E-state index in [1.54, 1.807) is 29.1 Å². The van der Waals surface area contributed by atoms with Gasteiger partial charge < -0.3 is 10.0 Å². The molecule has 7 heteroatoms. The van der Waals surface area contributed by atoms with Crippen LogP contribution in [0.2, 0.25) is 5.02 Å². The van der Waals surface area contributed by atoms with Crippen molar-refractivity contribution in [3.8, 4) is 6.07 Å². The topological polar surface area (TPSA) is 78.0 Å². The van der Waals surface area contributed by atoms with Gasteiger partial charge in [-0.15, -0.1) is 5.10 Å².